The number of carbonyl (C=O) groups excluding carboxylic acids is 1. The molecule has 4 aromatic rings. The van der Waals surface area contributed by atoms with E-state index in [2.05, 4.69) is 47.5 Å². The molecule has 4 heteroatoms. The fourth-order valence-corrected chi connectivity index (χ4v) is 4.20. The predicted octanol–water partition coefficient (Wildman–Crippen LogP) is 7.26. The summed E-state index contributed by atoms with van der Waals surface area (Å²) in [5.74, 6) is 0.654. The number of rotatable bonds is 11. The zero-order valence-electron chi connectivity index (χ0n) is 20.6. The molecule has 0 radical (unpaired) electrons. The maximum Gasteiger partial charge on any atom is 0.226 e. The molecule has 0 spiro atoms. The second kappa shape index (κ2) is 12.5. The van der Waals surface area contributed by atoms with E-state index in [-0.39, 0.29) is 18.4 Å². The number of nitrogens with one attached hydrogen (secondary N) is 2. The van der Waals surface area contributed by atoms with Crippen LogP contribution in [0.3, 0.4) is 0 Å². The van der Waals surface area contributed by atoms with Crippen LogP contribution in [-0.2, 0) is 16.1 Å². The van der Waals surface area contributed by atoms with Gasteiger partial charge in [-0.15, -0.1) is 6.58 Å². The lowest BCUT2D eigenvalue weighted by Gasteiger charge is -2.20. The minimum absolute atomic E-state index is 0.0734. The molecule has 1 atom stereocenters. The van der Waals surface area contributed by atoms with Crippen molar-refractivity contribution in [3.8, 4) is 0 Å². The maximum absolute atomic E-state index is 13.2. The monoisotopic (exact) mass is 476 g/mol. The molecule has 36 heavy (non-hydrogen) atoms. The maximum atomic E-state index is 13.2. The Hall–Kier alpha value is -4.15. The Balaban J connectivity index is 1.49. The van der Waals surface area contributed by atoms with Crippen LogP contribution in [0.25, 0.3) is 16.5 Å². The second-order valence-electron chi connectivity index (χ2n) is 8.58. The molecule has 0 bridgehead atoms. The van der Waals surface area contributed by atoms with E-state index in [1.807, 2.05) is 85.8 Å². The van der Waals surface area contributed by atoms with E-state index in [0.29, 0.717) is 13.2 Å². The van der Waals surface area contributed by atoms with Crippen molar-refractivity contribution in [3.05, 3.63) is 132 Å². The third kappa shape index (κ3) is 6.49. The zero-order chi connectivity index (χ0) is 25.2. The topological polar surface area (TPSA) is 50.4 Å². The summed E-state index contributed by atoms with van der Waals surface area (Å²) in [7, 11) is 0. The molecule has 4 aromatic carbocycles. The molecule has 4 nitrogen and oxygen atoms in total. The molecule has 0 saturated heterocycles. The number of hydrogen-bond donors (Lipinski definition) is 2. The van der Waals surface area contributed by atoms with Gasteiger partial charge in [0.2, 0.25) is 5.91 Å². The number of benzene rings is 4. The van der Waals surface area contributed by atoms with Crippen molar-refractivity contribution in [1.82, 2.24) is 5.32 Å². The van der Waals surface area contributed by atoms with Crippen molar-refractivity contribution >= 4 is 28.1 Å². The average molecular weight is 477 g/mol. The van der Waals surface area contributed by atoms with E-state index < -0.39 is 0 Å². The molecule has 0 aliphatic rings. The summed E-state index contributed by atoms with van der Waals surface area (Å²) in [6.45, 7) is 6.82. The number of amides is 1. The van der Waals surface area contributed by atoms with Gasteiger partial charge in [0.1, 0.15) is 12.4 Å². The highest BCUT2D eigenvalue weighted by molar-refractivity contribution is 5.94. The summed E-state index contributed by atoms with van der Waals surface area (Å²) in [6.07, 6.45) is 4.03. The Bertz CT molecular complexity index is 1340. The lowest BCUT2D eigenvalue weighted by atomic mass is 9.99. The van der Waals surface area contributed by atoms with Crippen LogP contribution in [0, 0.1) is 0 Å². The Kier molecular flexibility index (Phi) is 8.68. The number of hydrogen-bond acceptors (Lipinski definition) is 3. The first kappa shape index (κ1) is 25.0. The highest BCUT2D eigenvalue weighted by Gasteiger charge is 2.18. The number of para-hydroxylation sites is 1. The molecule has 0 aromatic heterocycles. The van der Waals surface area contributed by atoms with Gasteiger partial charge in [-0.05, 0) is 53.1 Å². The number of allylic oxidation sites excluding steroid dienone is 1. The summed E-state index contributed by atoms with van der Waals surface area (Å²) in [5.41, 5.74) is 3.74. The number of fused-ring (bicyclic) bond motifs is 1. The smallest absolute Gasteiger partial charge is 0.226 e. The van der Waals surface area contributed by atoms with E-state index in [0.717, 1.165) is 33.5 Å². The van der Waals surface area contributed by atoms with E-state index >= 15 is 0 Å². The van der Waals surface area contributed by atoms with Crippen LogP contribution < -0.4 is 10.6 Å². The van der Waals surface area contributed by atoms with Gasteiger partial charge in [-0.25, -0.2) is 0 Å². The van der Waals surface area contributed by atoms with E-state index in [4.69, 9.17) is 4.74 Å². The SMILES string of the molecule is C=CCNC(CC(=O)Nc1ccccc1/C(=C/C)OCc1ccccc1)c1ccc2ccccc2c1. The first-order valence-electron chi connectivity index (χ1n) is 12.2. The number of anilines is 1. The lowest BCUT2D eigenvalue weighted by molar-refractivity contribution is -0.116. The number of carbonyl (C=O) groups is 1. The Morgan fingerprint density at radius 1 is 0.917 bits per heavy atom. The van der Waals surface area contributed by atoms with Crippen LogP contribution in [-0.4, -0.2) is 12.5 Å². The van der Waals surface area contributed by atoms with Gasteiger partial charge < -0.3 is 15.4 Å². The van der Waals surface area contributed by atoms with Gasteiger partial charge in [0.05, 0.1) is 5.69 Å². The number of ether oxygens (including phenoxy) is 1. The molecule has 0 aliphatic carbocycles. The molecule has 182 valence electrons. The van der Waals surface area contributed by atoms with Gasteiger partial charge in [0.25, 0.3) is 0 Å². The van der Waals surface area contributed by atoms with Gasteiger partial charge in [-0.1, -0.05) is 84.9 Å². The van der Waals surface area contributed by atoms with Crippen molar-refractivity contribution < 1.29 is 9.53 Å². The quantitative estimate of drug-likeness (QED) is 0.177. The van der Waals surface area contributed by atoms with Gasteiger partial charge in [0, 0.05) is 24.6 Å². The molecule has 0 aliphatic heterocycles. The predicted molar refractivity (Wildman–Crippen MR) is 149 cm³/mol. The molecule has 0 heterocycles. The zero-order valence-corrected chi connectivity index (χ0v) is 20.6. The van der Waals surface area contributed by atoms with Gasteiger partial charge >= 0.3 is 0 Å². The third-order valence-electron chi connectivity index (χ3n) is 6.04. The fourth-order valence-electron chi connectivity index (χ4n) is 4.20. The lowest BCUT2D eigenvalue weighted by Crippen LogP contribution is -2.26. The van der Waals surface area contributed by atoms with Crippen molar-refractivity contribution in [1.29, 1.82) is 0 Å². The molecule has 1 amide bonds. The van der Waals surface area contributed by atoms with E-state index in [1.165, 1.54) is 5.39 Å². The van der Waals surface area contributed by atoms with Crippen molar-refractivity contribution in [2.24, 2.45) is 0 Å². The molecular formula is C32H32N2O2. The first-order chi connectivity index (χ1) is 17.7. The van der Waals surface area contributed by atoms with Crippen LogP contribution in [0.5, 0.6) is 0 Å². The van der Waals surface area contributed by atoms with E-state index in [9.17, 15) is 4.79 Å². The van der Waals surface area contributed by atoms with E-state index in [1.54, 1.807) is 0 Å². The van der Waals surface area contributed by atoms with Crippen LogP contribution in [0.2, 0.25) is 0 Å². The summed E-state index contributed by atoms with van der Waals surface area (Å²) < 4.78 is 6.12. The summed E-state index contributed by atoms with van der Waals surface area (Å²) in [5, 5.41) is 8.88. The molecule has 0 saturated carbocycles. The summed E-state index contributed by atoms with van der Waals surface area (Å²) in [4.78, 5) is 13.2. The van der Waals surface area contributed by atoms with Crippen molar-refractivity contribution in [2.75, 3.05) is 11.9 Å². The Morgan fingerprint density at radius 2 is 1.64 bits per heavy atom. The van der Waals surface area contributed by atoms with Crippen molar-refractivity contribution in [2.45, 2.75) is 26.0 Å². The average Bonchev–Trinajstić information content (AvgIpc) is 2.92. The molecule has 0 fully saturated rings. The third-order valence-corrected chi connectivity index (χ3v) is 6.04. The highest BCUT2D eigenvalue weighted by Crippen LogP contribution is 2.27. The molecule has 4 rings (SSSR count). The normalized spacial score (nSPS) is 12.2. The molecule has 1 unspecified atom stereocenters. The van der Waals surface area contributed by atoms with Crippen LogP contribution >= 0.6 is 0 Å². The highest BCUT2D eigenvalue weighted by atomic mass is 16.5. The standard InChI is InChI=1S/C32H32N2O2/c1-3-20-33-30(27-19-18-25-14-8-9-15-26(25)21-27)22-32(35)34-29-17-11-10-16-28(29)31(4-2)36-23-24-12-6-5-7-13-24/h3-19,21,30,33H,1,20,22-23H2,2H3,(H,34,35)/b31-4-. The molecule has 2 N–H and O–H groups in total. The van der Waals surface area contributed by atoms with Gasteiger partial charge in [-0.3, -0.25) is 4.79 Å². The Labute approximate surface area is 213 Å². The first-order valence-corrected chi connectivity index (χ1v) is 12.2. The summed E-state index contributed by atoms with van der Waals surface area (Å²) in [6, 6.07) is 32.2. The minimum atomic E-state index is -0.143. The van der Waals surface area contributed by atoms with Crippen LogP contribution in [0.4, 0.5) is 5.69 Å². The van der Waals surface area contributed by atoms with Crippen LogP contribution in [0.15, 0.2) is 116 Å². The minimum Gasteiger partial charge on any atom is -0.489 e. The van der Waals surface area contributed by atoms with Crippen molar-refractivity contribution in [3.63, 3.8) is 0 Å². The van der Waals surface area contributed by atoms with Gasteiger partial charge in [0.15, 0.2) is 0 Å². The molecular weight excluding hydrogens is 444 g/mol. The fraction of sp³-hybridized carbons (Fsp3) is 0.156. The summed E-state index contributed by atoms with van der Waals surface area (Å²) >= 11 is 0. The Morgan fingerprint density at radius 3 is 2.42 bits per heavy atom. The largest absolute Gasteiger partial charge is 0.489 e. The van der Waals surface area contributed by atoms with Crippen LogP contribution in [0.1, 0.15) is 36.1 Å². The second-order valence-corrected chi connectivity index (χ2v) is 8.58. The van der Waals surface area contributed by atoms with Gasteiger partial charge in [-0.2, -0.15) is 0 Å².